The van der Waals surface area contributed by atoms with Gasteiger partial charge in [-0.3, -0.25) is 0 Å². The molecule has 1 saturated heterocycles. The second kappa shape index (κ2) is 7.11. The summed E-state index contributed by atoms with van der Waals surface area (Å²) in [6.45, 7) is 0.922. The van der Waals surface area contributed by atoms with E-state index in [9.17, 15) is 13.2 Å². The van der Waals surface area contributed by atoms with Crippen LogP contribution in [0.1, 0.15) is 42.5 Å². The van der Waals surface area contributed by atoms with Crippen LogP contribution in [0.15, 0.2) is 23.1 Å². The third kappa shape index (κ3) is 3.59. The smallest absolute Gasteiger partial charge is 0.335 e. The maximum absolute atomic E-state index is 12.9. The van der Waals surface area contributed by atoms with E-state index in [1.165, 1.54) is 29.6 Å². The number of carboxylic acids is 1. The number of carboxylic acid groups (broad SMARTS) is 1. The summed E-state index contributed by atoms with van der Waals surface area (Å²) >= 11 is 0. The number of hydrogen-bond acceptors (Lipinski definition) is 4. The van der Waals surface area contributed by atoms with Gasteiger partial charge in [-0.15, -0.1) is 0 Å². The molecule has 0 atom stereocenters. The summed E-state index contributed by atoms with van der Waals surface area (Å²) in [6, 6.07) is 3.91. The molecule has 2 rings (SSSR count). The lowest BCUT2D eigenvalue weighted by atomic mass is 10.1. The van der Waals surface area contributed by atoms with Crippen molar-refractivity contribution in [3.05, 3.63) is 23.8 Å². The van der Waals surface area contributed by atoms with Crippen molar-refractivity contribution < 1.29 is 23.1 Å². The molecule has 1 aromatic carbocycles. The number of ether oxygens (including phenoxy) is 1. The predicted molar refractivity (Wildman–Crippen MR) is 81.8 cm³/mol. The lowest BCUT2D eigenvalue weighted by Gasteiger charge is -2.25. The Bertz CT molecular complexity index is 633. The first-order valence-electron chi connectivity index (χ1n) is 7.38. The van der Waals surface area contributed by atoms with Crippen LogP contribution < -0.4 is 4.74 Å². The molecule has 0 amide bonds. The number of rotatable bonds is 4. The fraction of sp³-hybridized carbons (Fsp3) is 0.533. The summed E-state index contributed by atoms with van der Waals surface area (Å²) in [7, 11) is -2.38. The van der Waals surface area contributed by atoms with Crippen LogP contribution in [-0.2, 0) is 10.0 Å². The SMILES string of the molecule is COc1ccc(C(=O)O)cc1S(=O)(=O)N1CCCCCCC1. The summed E-state index contributed by atoms with van der Waals surface area (Å²) in [5.74, 6) is -0.987. The summed E-state index contributed by atoms with van der Waals surface area (Å²) in [5, 5.41) is 9.08. The summed E-state index contributed by atoms with van der Waals surface area (Å²) in [6.07, 6.45) is 4.79. The Labute approximate surface area is 130 Å². The average Bonchev–Trinajstić information content (AvgIpc) is 2.45. The molecule has 0 spiro atoms. The van der Waals surface area contributed by atoms with Gasteiger partial charge >= 0.3 is 5.97 Å². The van der Waals surface area contributed by atoms with Gasteiger partial charge in [0.2, 0.25) is 10.0 Å². The first-order valence-corrected chi connectivity index (χ1v) is 8.82. The van der Waals surface area contributed by atoms with E-state index in [0.717, 1.165) is 32.1 Å². The number of methoxy groups -OCH3 is 1. The molecule has 0 bridgehead atoms. The second-order valence-corrected chi connectivity index (χ2v) is 7.25. The first-order chi connectivity index (χ1) is 10.5. The summed E-state index contributed by atoms with van der Waals surface area (Å²) < 4.78 is 32.3. The van der Waals surface area contributed by atoms with Gasteiger partial charge in [0.25, 0.3) is 0 Å². The van der Waals surface area contributed by atoms with Crippen LogP contribution >= 0.6 is 0 Å². The molecule has 0 radical (unpaired) electrons. The molecular formula is C15H21NO5S. The van der Waals surface area contributed by atoms with Crippen molar-refractivity contribution in [1.82, 2.24) is 4.31 Å². The fourth-order valence-corrected chi connectivity index (χ4v) is 4.31. The standard InChI is InChI=1S/C15H21NO5S/c1-21-13-8-7-12(15(17)18)11-14(13)22(19,20)16-9-5-3-2-4-6-10-16/h7-8,11H,2-6,9-10H2,1H3,(H,17,18). The van der Waals surface area contributed by atoms with E-state index in [4.69, 9.17) is 9.84 Å². The van der Waals surface area contributed by atoms with Gasteiger partial charge in [0.05, 0.1) is 12.7 Å². The zero-order valence-corrected chi connectivity index (χ0v) is 13.4. The number of benzene rings is 1. The van der Waals surface area contributed by atoms with Crippen molar-refractivity contribution in [2.45, 2.75) is 37.0 Å². The second-order valence-electron chi connectivity index (χ2n) is 5.34. The maximum atomic E-state index is 12.9. The molecule has 1 N–H and O–H groups in total. The Morgan fingerprint density at radius 1 is 1.14 bits per heavy atom. The minimum Gasteiger partial charge on any atom is -0.495 e. The highest BCUT2D eigenvalue weighted by atomic mass is 32.2. The van der Waals surface area contributed by atoms with Gasteiger partial charge in [-0.05, 0) is 31.0 Å². The molecule has 1 aromatic rings. The molecule has 0 aliphatic carbocycles. The highest BCUT2D eigenvalue weighted by Crippen LogP contribution is 2.29. The number of aromatic carboxylic acids is 1. The molecule has 1 aliphatic rings. The third-order valence-electron chi connectivity index (χ3n) is 3.84. The van der Waals surface area contributed by atoms with Crippen molar-refractivity contribution >= 4 is 16.0 Å². The van der Waals surface area contributed by atoms with E-state index in [2.05, 4.69) is 0 Å². The number of carbonyl (C=O) groups is 1. The van der Waals surface area contributed by atoms with E-state index in [1.807, 2.05) is 0 Å². The topological polar surface area (TPSA) is 83.9 Å². The first kappa shape index (κ1) is 16.8. The molecule has 1 heterocycles. The van der Waals surface area contributed by atoms with E-state index in [0.29, 0.717) is 13.1 Å². The van der Waals surface area contributed by atoms with Crippen molar-refractivity contribution in [2.24, 2.45) is 0 Å². The van der Waals surface area contributed by atoms with E-state index in [1.54, 1.807) is 0 Å². The van der Waals surface area contributed by atoms with Crippen LogP contribution in [0.3, 0.4) is 0 Å². The van der Waals surface area contributed by atoms with Gasteiger partial charge in [-0.1, -0.05) is 19.3 Å². The summed E-state index contributed by atoms with van der Waals surface area (Å²) in [5.41, 5.74) is -0.0635. The van der Waals surface area contributed by atoms with Gasteiger partial charge < -0.3 is 9.84 Å². The molecule has 1 fully saturated rings. The Morgan fingerprint density at radius 2 is 1.73 bits per heavy atom. The Balaban J connectivity index is 2.42. The van der Waals surface area contributed by atoms with Crippen LogP contribution in [0, 0.1) is 0 Å². The van der Waals surface area contributed by atoms with Crippen LogP contribution in [0.4, 0.5) is 0 Å². The number of nitrogens with zero attached hydrogens (tertiary/aromatic N) is 1. The normalized spacial score (nSPS) is 17.5. The molecule has 0 unspecified atom stereocenters. The lowest BCUT2D eigenvalue weighted by Crippen LogP contribution is -2.34. The molecule has 1 aliphatic heterocycles. The van der Waals surface area contributed by atoms with Gasteiger partial charge in [0.1, 0.15) is 10.6 Å². The maximum Gasteiger partial charge on any atom is 0.335 e. The molecule has 122 valence electrons. The van der Waals surface area contributed by atoms with Crippen molar-refractivity contribution in [1.29, 1.82) is 0 Å². The zero-order chi connectivity index (χ0) is 16.2. The quantitative estimate of drug-likeness (QED) is 0.917. The van der Waals surface area contributed by atoms with Crippen molar-refractivity contribution in [2.75, 3.05) is 20.2 Å². The van der Waals surface area contributed by atoms with Crippen LogP contribution in [0.2, 0.25) is 0 Å². The highest BCUT2D eigenvalue weighted by molar-refractivity contribution is 7.89. The molecule has 7 heteroatoms. The monoisotopic (exact) mass is 327 g/mol. The molecule has 0 aromatic heterocycles. The average molecular weight is 327 g/mol. The summed E-state index contributed by atoms with van der Waals surface area (Å²) in [4.78, 5) is 11.0. The minimum atomic E-state index is -3.76. The van der Waals surface area contributed by atoms with Gasteiger partial charge in [-0.2, -0.15) is 4.31 Å². The Morgan fingerprint density at radius 3 is 2.27 bits per heavy atom. The van der Waals surface area contributed by atoms with Crippen LogP contribution in [0.5, 0.6) is 5.75 Å². The molecule has 22 heavy (non-hydrogen) atoms. The van der Waals surface area contributed by atoms with E-state index >= 15 is 0 Å². The third-order valence-corrected chi connectivity index (χ3v) is 5.76. The molecular weight excluding hydrogens is 306 g/mol. The van der Waals surface area contributed by atoms with E-state index < -0.39 is 16.0 Å². The minimum absolute atomic E-state index is 0.0635. The van der Waals surface area contributed by atoms with Crippen LogP contribution in [0.25, 0.3) is 0 Å². The Kier molecular flexibility index (Phi) is 5.42. The lowest BCUT2D eigenvalue weighted by molar-refractivity contribution is 0.0696. The van der Waals surface area contributed by atoms with Crippen LogP contribution in [-0.4, -0.2) is 44.0 Å². The number of hydrogen-bond donors (Lipinski definition) is 1. The fourth-order valence-electron chi connectivity index (χ4n) is 2.61. The number of sulfonamides is 1. The predicted octanol–water partition coefficient (Wildman–Crippen LogP) is 2.35. The largest absolute Gasteiger partial charge is 0.495 e. The van der Waals surface area contributed by atoms with Crippen molar-refractivity contribution in [3.8, 4) is 5.75 Å². The van der Waals surface area contributed by atoms with Gasteiger partial charge in [0, 0.05) is 13.1 Å². The highest BCUT2D eigenvalue weighted by Gasteiger charge is 2.28. The van der Waals surface area contributed by atoms with Crippen molar-refractivity contribution in [3.63, 3.8) is 0 Å². The molecule has 6 nitrogen and oxygen atoms in total. The van der Waals surface area contributed by atoms with Gasteiger partial charge in [-0.25, -0.2) is 13.2 Å². The van der Waals surface area contributed by atoms with E-state index in [-0.39, 0.29) is 16.2 Å². The molecule has 0 saturated carbocycles. The Hall–Kier alpha value is -1.60. The van der Waals surface area contributed by atoms with Gasteiger partial charge in [0.15, 0.2) is 0 Å². The zero-order valence-electron chi connectivity index (χ0n) is 12.6.